The van der Waals surface area contributed by atoms with E-state index in [0.717, 1.165) is 19.4 Å². The van der Waals surface area contributed by atoms with Crippen LogP contribution in [0.2, 0.25) is 0 Å². The molecule has 0 unspecified atom stereocenters. The lowest BCUT2D eigenvalue weighted by Gasteiger charge is -2.35. The Hall–Kier alpha value is -0.220. The van der Waals surface area contributed by atoms with E-state index in [2.05, 4.69) is 5.32 Å². The number of rotatable bonds is 5. The van der Waals surface area contributed by atoms with Crippen LogP contribution in [0.3, 0.4) is 0 Å². The van der Waals surface area contributed by atoms with Crippen molar-refractivity contribution in [3.05, 3.63) is 0 Å². The first-order valence-electron chi connectivity index (χ1n) is 7.79. The summed E-state index contributed by atoms with van der Waals surface area (Å²) in [7, 11) is 0. The number of nitrogens with two attached hydrogens (primary N) is 1. The molecule has 0 aromatic heterocycles. The van der Waals surface area contributed by atoms with E-state index in [9.17, 15) is 4.79 Å². The van der Waals surface area contributed by atoms with Gasteiger partial charge in [0.25, 0.3) is 0 Å². The van der Waals surface area contributed by atoms with E-state index in [0.29, 0.717) is 18.9 Å². The van der Waals surface area contributed by atoms with E-state index in [-0.39, 0.29) is 11.3 Å². The Kier molecular flexibility index (Phi) is 6.02. The quantitative estimate of drug-likeness (QED) is 0.816. The van der Waals surface area contributed by atoms with Gasteiger partial charge in [0.15, 0.2) is 0 Å². The van der Waals surface area contributed by atoms with Crippen molar-refractivity contribution >= 4 is 17.7 Å². The van der Waals surface area contributed by atoms with Gasteiger partial charge in [-0.2, -0.15) is 11.8 Å². The van der Waals surface area contributed by atoms with Crippen LogP contribution in [0.15, 0.2) is 0 Å². The molecule has 1 saturated carbocycles. The maximum Gasteiger partial charge on any atom is 0.220 e. The molecule has 0 aromatic rings. The Morgan fingerprint density at radius 1 is 1.21 bits per heavy atom. The third-order valence-electron chi connectivity index (χ3n) is 4.81. The standard InChI is InChI=1S/C15H28N2OS/c16-12-15(6-2-1-3-7-15)10-14(18)17-11-13-4-8-19-9-5-13/h13H,1-12,16H2,(H,17,18). The minimum absolute atomic E-state index is 0.102. The number of nitrogens with one attached hydrogen (secondary N) is 1. The Bertz CT molecular complexity index is 284. The second-order valence-corrected chi connectivity index (χ2v) is 7.53. The number of amides is 1. The minimum Gasteiger partial charge on any atom is -0.356 e. The van der Waals surface area contributed by atoms with Gasteiger partial charge in [0.05, 0.1) is 0 Å². The number of hydrogen-bond acceptors (Lipinski definition) is 3. The summed E-state index contributed by atoms with van der Waals surface area (Å²) in [5.74, 6) is 3.44. The van der Waals surface area contributed by atoms with Gasteiger partial charge in [0.2, 0.25) is 5.91 Å². The Morgan fingerprint density at radius 3 is 2.53 bits per heavy atom. The third kappa shape index (κ3) is 4.67. The molecule has 3 N–H and O–H groups in total. The summed E-state index contributed by atoms with van der Waals surface area (Å²) in [5.41, 5.74) is 6.04. The van der Waals surface area contributed by atoms with Crippen molar-refractivity contribution in [3.8, 4) is 0 Å². The first kappa shape index (κ1) is 15.2. The van der Waals surface area contributed by atoms with Crippen LogP contribution >= 0.6 is 11.8 Å². The lowest BCUT2D eigenvalue weighted by Crippen LogP contribution is -2.40. The van der Waals surface area contributed by atoms with Crippen molar-refractivity contribution in [2.24, 2.45) is 17.1 Å². The highest BCUT2D eigenvalue weighted by atomic mass is 32.2. The van der Waals surface area contributed by atoms with Gasteiger partial charge < -0.3 is 11.1 Å². The molecule has 1 amide bonds. The monoisotopic (exact) mass is 284 g/mol. The normalized spacial score (nSPS) is 24.1. The zero-order valence-corrected chi connectivity index (χ0v) is 12.8. The zero-order chi connectivity index (χ0) is 13.6. The maximum absolute atomic E-state index is 12.1. The first-order chi connectivity index (χ1) is 9.24. The fraction of sp³-hybridized carbons (Fsp3) is 0.933. The van der Waals surface area contributed by atoms with Gasteiger partial charge >= 0.3 is 0 Å². The maximum atomic E-state index is 12.1. The average molecular weight is 284 g/mol. The number of carbonyl (C=O) groups is 1. The van der Waals surface area contributed by atoms with E-state index in [1.165, 1.54) is 43.6 Å². The molecule has 1 aliphatic carbocycles. The fourth-order valence-electron chi connectivity index (χ4n) is 3.37. The van der Waals surface area contributed by atoms with Gasteiger partial charge in [-0.25, -0.2) is 0 Å². The predicted molar refractivity (Wildman–Crippen MR) is 82.2 cm³/mol. The van der Waals surface area contributed by atoms with Gasteiger partial charge in [0, 0.05) is 13.0 Å². The molecule has 0 aromatic carbocycles. The molecule has 1 aliphatic heterocycles. The molecule has 3 nitrogen and oxygen atoms in total. The lowest BCUT2D eigenvalue weighted by molar-refractivity contribution is -0.124. The molecule has 0 atom stereocenters. The van der Waals surface area contributed by atoms with Gasteiger partial charge in [-0.1, -0.05) is 19.3 Å². The van der Waals surface area contributed by atoms with Crippen LogP contribution in [-0.2, 0) is 4.79 Å². The van der Waals surface area contributed by atoms with Gasteiger partial charge in [-0.15, -0.1) is 0 Å². The van der Waals surface area contributed by atoms with Crippen LogP contribution in [0.1, 0.15) is 51.4 Å². The van der Waals surface area contributed by atoms with E-state index in [4.69, 9.17) is 5.73 Å². The molecule has 19 heavy (non-hydrogen) atoms. The predicted octanol–water partition coefficient (Wildman–Crippen LogP) is 2.55. The number of thioether (sulfide) groups is 1. The average Bonchev–Trinajstić information content (AvgIpc) is 2.47. The summed E-state index contributed by atoms with van der Waals surface area (Å²) in [6.45, 7) is 1.54. The largest absolute Gasteiger partial charge is 0.356 e. The SMILES string of the molecule is NCC1(CC(=O)NCC2CCSCC2)CCCCC1. The summed E-state index contributed by atoms with van der Waals surface area (Å²) in [5, 5.41) is 3.16. The molecule has 2 rings (SSSR count). The topological polar surface area (TPSA) is 55.1 Å². The highest BCUT2D eigenvalue weighted by molar-refractivity contribution is 7.99. The third-order valence-corrected chi connectivity index (χ3v) is 5.86. The molecular formula is C15H28N2OS. The molecule has 0 spiro atoms. The Morgan fingerprint density at radius 2 is 1.89 bits per heavy atom. The van der Waals surface area contributed by atoms with Crippen molar-refractivity contribution in [1.29, 1.82) is 0 Å². The zero-order valence-electron chi connectivity index (χ0n) is 12.0. The Balaban J connectivity index is 1.72. The van der Waals surface area contributed by atoms with Crippen LogP contribution in [-0.4, -0.2) is 30.5 Å². The van der Waals surface area contributed by atoms with Gasteiger partial charge in [0.1, 0.15) is 0 Å². The number of hydrogen-bond donors (Lipinski definition) is 2. The summed E-state index contributed by atoms with van der Waals surface area (Å²) in [6.07, 6.45) is 9.22. The lowest BCUT2D eigenvalue weighted by atomic mass is 9.71. The van der Waals surface area contributed by atoms with Gasteiger partial charge in [-0.3, -0.25) is 4.79 Å². The van der Waals surface area contributed by atoms with E-state index >= 15 is 0 Å². The number of carbonyl (C=O) groups excluding carboxylic acids is 1. The minimum atomic E-state index is 0.102. The van der Waals surface area contributed by atoms with Crippen molar-refractivity contribution in [2.45, 2.75) is 51.4 Å². The molecule has 1 saturated heterocycles. The first-order valence-corrected chi connectivity index (χ1v) is 8.94. The molecule has 0 radical (unpaired) electrons. The highest BCUT2D eigenvalue weighted by Gasteiger charge is 2.33. The Labute approximate surface area is 121 Å². The molecule has 0 bridgehead atoms. The van der Waals surface area contributed by atoms with Crippen LogP contribution in [0.5, 0.6) is 0 Å². The van der Waals surface area contributed by atoms with E-state index in [1.54, 1.807) is 0 Å². The fourth-order valence-corrected chi connectivity index (χ4v) is 4.57. The second-order valence-electron chi connectivity index (χ2n) is 6.30. The van der Waals surface area contributed by atoms with Crippen LogP contribution in [0, 0.1) is 11.3 Å². The van der Waals surface area contributed by atoms with Crippen molar-refractivity contribution in [2.75, 3.05) is 24.6 Å². The van der Waals surface area contributed by atoms with Crippen LogP contribution < -0.4 is 11.1 Å². The van der Waals surface area contributed by atoms with Crippen LogP contribution in [0.25, 0.3) is 0 Å². The van der Waals surface area contributed by atoms with Crippen molar-refractivity contribution < 1.29 is 4.79 Å². The molecule has 2 fully saturated rings. The second kappa shape index (κ2) is 7.53. The summed E-state index contributed by atoms with van der Waals surface area (Å²) in [6, 6.07) is 0. The molecule has 4 heteroatoms. The molecule has 110 valence electrons. The molecular weight excluding hydrogens is 256 g/mol. The smallest absolute Gasteiger partial charge is 0.220 e. The van der Waals surface area contributed by atoms with Crippen molar-refractivity contribution in [1.82, 2.24) is 5.32 Å². The highest BCUT2D eigenvalue weighted by Crippen LogP contribution is 2.38. The summed E-state index contributed by atoms with van der Waals surface area (Å²) in [4.78, 5) is 12.1. The van der Waals surface area contributed by atoms with Crippen LogP contribution in [0.4, 0.5) is 0 Å². The molecule has 2 aliphatic rings. The van der Waals surface area contributed by atoms with E-state index in [1.807, 2.05) is 11.8 Å². The van der Waals surface area contributed by atoms with E-state index < -0.39 is 0 Å². The molecule has 1 heterocycles. The summed E-state index contributed by atoms with van der Waals surface area (Å²) >= 11 is 2.04. The van der Waals surface area contributed by atoms with Gasteiger partial charge in [-0.05, 0) is 55.1 Å². The summed E-state index contributed by atoms with van der Waals surface area (Å²) < 4.78 is 0. The van der Waals surface area contributed by atoms with Crippen molar-refractivity contribution in [3.63, 3.8) is 0 Å².